The van der Waals surface area contributed by atoms with Crippen LogP contribution in [0.25, 0.3) is 11.4 Å². The van der Waals surface area contributed by atoms with E-state index in [0.29, 0.717) is 45.4 Å². The van der Waals surface area contributed by atoms with Crippen molar-refractivity contribution in [3.63, 3.8) is 0 Å². The van der Waals surface area contributed by atoms with Crippen molar-refractivity contribution in [2.75, 3.05) is 13.1 Å². The molecule has 5 nitrogen and oxygen atoms in total. The largest absolute Gasteiger partial charge is 0.339 e. The lowest BCUT2D eigenvalue weighted by atomic mass is 9.96. The van der Waals surface area contributed by atoms with E-state index in [0.717, 1.165) is 18.4 Å². The zero-order chi connectivity index (χ0) is 19.7. The topological polar surface area (TPSA) is 59.2 Å². The minimum Gasteiger partial charge on any atom is -0.339 e. The summed E-state index contributed by atoms with van der Waals surface area (Å²) in [7, 11) is 0. The van der Waals surface area contributed by atoms with Gasteiger partial charge in [0.2, 0.25) is 11.7 Å². The van der Waals surface area contributed by atoms with E-state index in [1.54, 1.807) is 35.2 Å². The highest BCUT2D eigenvalue weighted by Gasteiger charge is 2.29. The van der Waals surface area contributed by atoms with E-state index >= 15 is 0 Å². The highest BCUT2D eigenvalue weighted by molar-refractivity contribution is 6.36. The number of hydrogen-bond donors (Lipinski definition) is 0. The van der Waals surface area contributed by atoms with E-state index < -0.39 is 0 Å². The number of carbonyl (C=O) groups is 1. The molecule has 0 unspecified atom stereocenters. The van der Waals surface area contributed by atoms with E-state index in [-0.39, 0.29) is 11.8 Å². The lowest BCUT2D eigenvalue weighted by Crippen LogP contribution is -2.38. The van der Waals surface area contributed by atoms with Gasteiger partial charge in [-0.1, -0.05) is 40.0 Å². The zero-order valence-corrected chi connectivity index (χ0v) is 17.0. The van der Waals surface area contributed by atoms with Crippen molar-refractivity contribution < 1.29 is 9.32 Å². The Morgan fingerprint density at radius 1 is 1.00 bits per heavy atom. The third-order valence-electron chi connectivity index (χ3n) is 4.84. The maximum atomic E-state index is 12.7. The fourth-order valence-corrected chi connectivity index (χ4v) is 3.90. The zero-order valence-electron chi connectivity index (χ0n) is 14.7. The smallest absolute Gasteiger partial charge is 0.255 e. The fraction of sp³-hybridized carbons (Fsp3) is 0.250. The van der Waals surface area contributed by atoms with Gasteiger partial charge in [-0.2, -0.15) is 4.98 Å². The van der Waals surface area contributed by atoms with Crippen molar-refractivity contribution in [1.82, 2.24) is 15.0 Å². The summed E-state index contributed by atoms with van der Waals surface area (Å²) in [6, 6.07) is 12.2. The van der Waals surface area contributed by atoms with Crippen molar-refractivity contribution in [3.05, 3.63) is 69.0 Å². The van der Waals surface area contributed by atoms with Gasteiger partial charge in [0.15, 0.2) is 0 Å². The van der Waals surface area contributed by atoms with Gasteiger partial charge in [0.1, 0.15) is 0 Å². The van der Waals surface area contributed by atoms with Crippen LogP contribution in [0, 0.1) is 0 Å². The molecule has 2 heterocycles. The summed E-state index contributed by atoms with van der Waals surface area (Å²) in [5, 5.41) is 5.60. The minimum atomic E-state index is -0.0903. The molecule has 0 radical (unpaired) electrons. The number of piperidine rings is 1. The number of amides is 1. The second kappa shape index (κ2) is 8.11. The molecule has 1 aliphatic rings. The SMILES string of the molecule is O=C(c1ccc(Cl)cc1Cl)N1CCC(c2nc(-c3ccc(Cl)cc3)no2)CC1. The van der Waals surface area contributed by atoms with Gasteiger partial charge in [-0.25, -0.2) is 0 Å². The molecule has 0 saturated carbocycles. The first-order chi connectivity index (χ1) is 13.5. The van der Waals surface area contributed by atoms with Crippen LogP contribution in [-0.2, 0) is 0 Å². The van der Waals surface area contributed by atoms with Crippen molar-refractivity contribution in [2.45, 2.75) is 18.8 Å². The Morgan fingerprint density at radius 2 is 1.68 bits per heavy atom. The Balaban J connectivity index is 1.41. The van der Waals surface area contributed by atoms with Gasteiger partial charge in [-0.05, 0) is 55.3 Å². The highest BCUT2D eigenvalue weighted by atomic mass is 35.5. The summed E-state index contributed by atoms with van der Waals surface area (Å²) in [6.07, 6.45) is 1.50. The summed E-state index contributed by atoms with van der Waals surface area (Å²) >= 11 is 18.0. The van der Waals surface area contributed by atoms with E-state index in [1.807, 2.05) is 12.1 Å². The molecule has 3 aromatic rings. The molecule has 8 heteroatoms. The number of likely N-dealkylation sites (tertiary alicyclic amines) is 1. The van der Waals surface area contributed by atoms with Gasteiger partial charge in [0, 0.05) is 34.6 Å². The lowest BCUT2D eigenvalue weighted by Gasteiger charge is -2.30. The van der Waals surface area contributed by atoms with Crippen LogP contribution < -0.4 is 0 Å². The maximum absolute atomic E-state index is 12.7. The summed E-state index contributed by atoms with van der Waals surface area (Å²) in [4.78, 5) is 19.0. The van der Waals surface area contributed by atoms with Gasteiger partial charge in [-0.15, -0.1) is 0 Å². The molecule has 4 rings (SSSR count). The monoisotopic (exact) mass is 435 g/mol. The van der Waals surface area contributed by atoms with Gasteiger partial charge >= 0.3 is 0 Å². The van der Waals surface area contributed by atoms with Gasteiger partial charge in [0.25, 0.3) is 5.91 Å². The maximum Gasteiger partial charge on any atom is 0.255 e. The number of hydrogen-bond acceptors (Lipinski definition) is 4. The average Bonchev–Trinajstić information content (AvgIpc) is 3.18. The fourth-order valence-electron chi connectivity index (χ4n) is 3.28. The van der Waals surface area contributed by atoms with Gasteiger partial charge < -0.3 is 9.42 Å². The molecule has 1 fully saturated rings. The lowest BCUT2D eigenvalue weighted by molar-refractivity contribution is 0.0704. The van der Waals surface area contributed by atoms with E-state index in [4.69, 9.17) is 39.3 Å². The molecule has 1 aromatic heterocycles. The Bertz CT molecular complexity index is 996. The molecule has 0 spiro atoms. The van der Waals surface area contributed by atoms with Crippen LogP contribution in [0.3, 0.4) is 0 Å². The predicted molar refractivity (Wildman–Crippen MR) is 109 cm³/mol. The number of rotatable bonds is 3. The standard InChI is InChI=1S/C20H16Cl3N3O2/c21-14-3-1-12(2-4-14)18-24-19(28-25-18)13-7-9-26(10-8-13)20(27)16-6-5-15(22)11-17(16)23/h1-6,11,13H,7-10H2. The average molecular weight is 437 g/mol. The Morgan fingerprint density at radius 3 is 2.36 bits per heavy atom. The van der Waals surface area contributed by atoms with Crippen LogP contribution in [-0.4, -0.2) is 34.0 Å². The molecular weight excluding hydrogens is 421 g/mol. The highest BCUT2D eigenvalue weighted by Crippen LogP contribution is 2.30. The Hall–Kier alpha value is -2.08. The third kappa shape index (κ3) is 4.02. The number of nitrogens with zero attached hydrogens (tertiary/aromatic N) is 3. The second-order valence-corrected chi connectivity index (χ2v) is 7.93. The van der Waals surface area contributed by atoms with Crippen LogP contribution in [0.5, 0.6) is 0 Å². The first-order valence-electron chi connectivity index (χ1n) is 8.85. The van der Waals surface area contributed by atoms with E-state index in [2.05, 4.69) is 10.1 Å². The summed E-state index contributed by atoms with van der Waals surface area (Å²) in [6.45, 7) is 1.20. The Kier molecular flexibility index (Phi) is 5.58. The first-order valence-corrected chi connectivity index (χ1v) is 9.98. The third-order valence-corrected chi connectivity index (χ3v) is 5.64. The number of halogens is 3. The van der Waals surface area contributed by atoms with Gasteiger partial charge in [-0.3, -0.25) is 4.79 Å². The van der Waals surface area contributed by atoms with Crippen LogP contribution in [0.4, 0.5) is 0 Å². The molecule has 1 amide bonds. The molecule has 0 atom stereocenters. The number of benzene rings is 2. The first kappa shape index (κ1) is 19.2. The van der Waals surface area contributed by atoms with Crippen LogP contribution in [0.2, 0.25) is 15.1 Å². The quantitative estimate of drug-likeness (QED) is 0.527. The van der Waals surface area contributed by atoms with E-state index in [9.17, 15) is 4.79 Å². The number of aromatic nitrogens is 2. The molecule has 28 heavy (non-hydrogen) atoms. The molecule has 1 saturated heterocycles. The van der Waals surface area contributed by atoms with Crippen LogP contribution in [0.15, 0.2) is 47.0 Å². The Labute approximate surface area is 177 Å². The molecule has 0 aliphatic carbocycles. The van der Waals surface area contributed by atoms with E-state index in [1.165, 1.54) is 0 Å². The summed E-state index contributed by atoms with van der Waals surface area (Å²) in [5.74, 6) is 1.17. The molecule has 1 aliphatic heterocycles. The van der Waals surface area contributed by atoms with Crippen molar-refractivity contribution in [3.8, 4) is 11.4 Å². The predicted octanol–water partition coefficient (Wildman–Crippen LogP) is 5.72. The van der Waals surface area contributed by atoms with Crippen LogP contribution >= 0.6 is 34.8 Å². The molecule has 2 aromatic carbocycles. The summed E-state index contributed by atoms with van der Waals surface area (Å²) < 4.78 is 5.47. The normalized spacial score (nSPS) is 15.0. The minimum absolute atomic E-state index is 0.0903. The number of carbonyl (C=O) groups excluding carboxylic acids is 1. The molecular formula is C20H16Cl3N3O2. The van der Waals surface area contributed by atoms with Crippen molar-refractivity contribution in [1.29, 1.82) is 0 Å². The molecule has 0 bridgehead atoms. The summed E-state index contributed by atoms with van der Waals surface area (Å²) in [5.41, 5.74) is 1.32. The van der Waals surface area contributed by atoms with Crippen LogP contribution in [0.1, 0.15) is 35.0 Å². The van der Waals surface area contributed by atoms with Crippen molar-refractivity contribution in [2.24, 2.45) is 0 Å². The van der Waals surface area contributed by atoms with Crippen molar-refractivity contribution >= 4 is 40.7 Å². The molecule has 144 valence electrons. The van der Waals surface area contributed by atoms with Gasteiger partial charge in [0.05, 0.1) is 10.6 Å². The molecule has 0 N–H and O–H groups in total. The second-order valence-electron chi connectivity index (χ2n) is 6.65.